The first-order valence-electron chi connectivity index (χ1n) is 11.1. The van der Waals surface area contributed by atoms with E-state index >= 15 is 0 Å². The highest BCUT2D eigenvalue weighted by Crippen LogP contribution is 2.32. The minimum absolute atomic E-state index is 0.0530. The summed E-state index contributed by atoms with van der Waals surface area (Å²) in [5.74, 6) is -2.39. The van der Waals surface area contributed by atoms with Gasteiger partial charge in [-0.05, 0) is 36.6 Å². The molecule has 4 rings (SSSR count). The Hall–Kier alpha value is -3.53. The smallest absolute Gasteiger partial charge is 0.255 e. The van der Waals surface area contributed by atoms with E-state index in [9.17, 15) is 18.4 Å². The molecule has 34 heavy (non-hydrogen) atoms. The summed E-state index contributed by atoms with van der Waals surface area (Å²) in [7, 11) is 0. The van der Waals surface area contributed by atoms with Gasteiger partial charge in [0.2, 0.25) is 5.91 Å². The van der Waals surface area contributed by atoms with Gasteiger partial charge in [-0.3, -0.25) is 14.3 Å². The van der Waals surface area contributed by atoms with Crippen molar-refractivity contribution in [1.29, 1.82) is 0 Å². The quantitative estimate of drug-likeness (QED) is 0.525. The van der Waals surface area contributed by atoms with Gasteiger partial charge in [0, 0.05) is 31.1 Å². The number of amides is 2. The molecule has 180 valence electrons. The molecule has 0 radical (unpaired) electrons. The van der Waals surface area contributed by atoms with Crippen LogP contribution in [0.2, 0.25) is 0 Å². The molecule has 1 unspecified atom stereocenters. The van der Waals surface area contributed by atoms with Crippen molar-refractivity contribution in [2.24, 2.45) is 5.92 Å². The normalized spacial score (nSPS) is 16.0. The van der Waals surface area contributed by atoms with Crippen molar-refractivity contribution in [3.8, 4) is 11.5 Å². The third kappa shape index (κ3) is 4.86. The maximum Gasteiger partial charge on any atom is 0.255 e. The second-order valence-corrected chi connectivity index (χ2v) is 8.67. The molecule has 0 bridgehead atoms. The Bertz CT molecular complexity index is 1230. The number of carbonyl (C=O) groups is 2. The minimum atomic E-state index is -0.910. The first-order chi connectivity index (χ1) is 16.3. The largest absolute Gasteiger partial charge is 0.453 e. The summed E-state index contributed by atoms with van der Waals surface area (Å²) < 4.78 is 35.1. The maximum atomic E-state index is 14.3. The molecular weight excluding hydrogens is 446 g/mol. The number of hydrogen-bond acceptors (Lipinski definition) is 5. The van der Waals surface area contributed by atoms with E-state index in [-0.39, 0.29) is 36.1 Å². The average Bonchev–Trinajstić information content (AvgIpc) is 3.32. The number of nitrogens with zero attached hydrogens (tertiary/aromatic N) is 3. The van der Waals surface area contributed by atoms with Gasteiger partial charge < -0.3 is 20.1 Å². The number of likely N-dealkylation sites (tertiary alicyclic amines) is 1. The molecule has 2 N–H and O–H groups in total. The van der Waals surface area contributed by atoms with Crippen LogP contribution in [0.3, 0.4) is 0 Å². The van der Waals surface area contributed by atoms with E-state index in [0.717, 1.165) is 12.1 Å². The summed E-state index contributed by atoms with van der Waals surface area (Å²) in [6, 6.07) is 5.33. The van der Waals surface area contributed by atoms with Crippen LogP contribution in [-0.4, -0.2) is 57.3 Å². The summed E-state index contributed by atoms with van der Waals surface area (Å²) in [4.78, 5) is 27.3. The van der Waals surface area contributed by atoms with Crippen molar-refractivity contribution < 1.29 is 28.2 Å². The summed E-state index contributed by atoms with van der Waals surface area (Å²) in [6.45, 7) is 5.16. The average molecular weight is 472 g/mol. The number of nitrogens with one attached hydrogen (secondary N) is 1. The Morgan fingerprint density at radius 2 is 2.06 bits per heavy atom. The molecule has 1 saturated heterocycles. The zero-order valence-corrected chi connectivity index (χ0v) is 18.9. The zero-order chi connectivity index (χ0) is 24.4. The Morgan fingerprint density at radius 1 is 1.26 bits per heavy atom. The van der Waals surface area contributed by atoms with E-state index in [0.29, 0.717) is 42.4 Å². The molecule has 0 aliphatic carbocycles. The fourth-order valence-electron chi connectivity index (χ4n) is 3.99. The summed E-state index contributed by atoms with van der Waals surface area (Å²) >= 11 is 0. The molecule has 8 nitrogen and oxygen atoms in total. The van der Waals surface area contributed by atoms with Crippen LogP contribution < -0.4 is 10.1 Å². The highest BCUT2D eigenvalue weighted by Gasteiger charge is 2.33. The van der Waals surface area contributed by atoms with E-state index in [4.69, 9.17) is 9.84 Å². The van der Waals surface area contributed by atoms with Crippen LogP contribution in [0, 0.1) is 17.6 Å². The summed E-state index contributed by atoms with van der Waals surface area (Å²) in [5.41, 5.74) is 0.778. The number of aromatic nitrogens is 2. The van der Waals surface area contributed by atoms with E-state index in [1.807, 2.05) is 13.8 Å². The molecule has 1 aliphatic heterocycles. The summed E-state index contributed by atoms with van der Waals surface area (Å²) in [6.07, 6.45) is 2.03. The maximum absolute atomic E-state index is 14.3. The van der Waals surface area contributed by atoms with Crippen LogP contribution in [-0.2, 0) is 11.3 Å². The van der Waals surface area contributed by atoms with Crippen LogP contribution in [0.1, 0.15) is 30.6 Å². The van der Waals surface area contributed by atoms with Gasteiger partial charge in [-0.15, -0.1) is 0 Å². The molecule has 2 heterocycles. The van der Waals surface area contributed by atoms with Crippen LogP contribution in [0.25, 0.3) is 10.9 Å². The number of hydrogen-bond donors (Lipinski definition) is 2. The number of fused-ring (bicyclic) bond motifs is 1. The van der Waals surface area contributed by atoms with Crippen LogP contribution in [0.4, 0.5) is 8.78 Å². The third-order valence-electron chi connectivity index (χ3n) is 5.61. The molecule has 1 aromatic heterocycles. The number of halogens is 2. The second kappa shape index (κ2) is 9.76. The molecule has 0 saturated carbocycles. The van der Waals surface area contributed by atoms with Crippen molar-refractivity contribution in [3.63, 3.8) is 0 Å². The first kappa shape index (κ1) is 23.6. The molecule has 2 amide bonds. The number of benzene rings is 2. The SMILES string of the molecule is CC(C)Cn1ncc2cc(Oc3ccc(F)cc3F)c(C(=O)NC3CCN(CCO)C3=O)cc21. The van der Waals surface area contributed by atoms with Gasteiger partial charge in [0.15, 0.2) is 11.6 Å². The third-order valence-corrected chi connectivity index (χ3v) is 5.61. The van der Waals surface area contributed by atoms with Gasteiger partial charge in [-0.25, -0.2) is 8.78 Å². The second-order valence-electron chi connectivity index (χ2n) is 8.67. The molecule has 10 heteroatoms. The Balaban J connectivity index is 1.70. The number of ether oxygens (including phenoxy) is 1. The number of rotatable bonds is 8. The van der Waals surface area contributed by atoms with Gasteiger partial charge >= 0.3 is 0 Å². The van der Waals surface area contributed by atoms with Crippen molar-refractivity contribution >= 4 is 22.7 Å². The Kier molecular flexibility index (Phi) is 6.78. The van der Waals surface area contributed by atoms with Gasteiger partial charge in [-0.1, -0.05) is 13.8 Å². The lowest BCUT2D eigenvalue weighted by atomic mass is 10.1. The van der Waals surface area contributed by atoms with Crippen molar-refractivity contribution in [3.05, 3.63) is 53.7 Å². The molecule has 1 fully saturated rings. The molecular formula is C24H26F2N4O4. The lowest BCUT2D eigenvalue weighted by Gasteiger charge is -2.17. The number of aliphatic hydroxyl groups is 1. The molecule has 2 aromatic carbocycles. The van der Waals surface area contributed by atoms with E-state index in [1.54, 1.807) is 23.0 Å². The van der Waals surface area contributed by atoms with E-state index < -0.39 is 23.6 Å². The number of β-amino-alcohol motifs (C(OH)–C–C–N with tert-alkyl or cyclic N) is 1. The van der Waals surface area contributed by atoms with Gasteiger partial charge in [0.05, 0.1) is 23.9 Å². The van der Waals surface area contributed by atoms with Crippen LogP contribution in [0.15, 0.2) is 36.5 Å². The van der Waals surface area contributed by atoms with Crippen molar-refractivity contribution in [2.75, 3.05) is 19.7 Å². The van der Waals surface area contributed by atoms with Crippen molar-refractivity contribution in [1.82, 2.24) is 20.0 Å². The van der Waals surface area contributed by atoms with Crippen LogP contribution >= 0.6 is 0 Å². The molecule has 3 aromatic rings. The Labute approximate surface area is 195 Å². The number of aliphatic hydroxyl groups excluding tert-OH is 1. The van der Waals surface area contributed by atoms with Gasteiger partial charge in [0.25, 0.3) is 5.91 Å². The standard InChI is InChI=1S/C24H26F2N4O4/c1-14(2)13-30-20-11-17(23(32)28-19-5-6-29(7-8-31)24(19)33)22(9-15(20)12-27-30)34-21-4-3-16(25)10-18(21)26/h3-4,9-12,14,19,31H,5-8,13H2,1-2H3,(H,28,32). The predicted molar refractivity (Wildman–Crippen MR) is 121 cm³/mol. The molecule has 1 atom stereocenters. The monoisotopic (exact) mass is 472 g/mol. The highest BCUT2D eigenvalue weighted by atomic mass is 19.1. The van der Waals surface area contributed by atoms with Crippen molar-refractivity contribution in [2.45, 2.75) is 32.9 Å². The van der Waals surface area contributed by atoms with Gasteiger partial charge in [0.1, 0.15) is 17.6 Å². The minimum Gasteiger partial charge on any atom is -0.453 e. The predicted octanol–water partition coefficient (Wildman–Crippen LogP) is 3.09. The topological polar surface area (TPSA) is 96.7 Å². The molecule has 1 aliphatic rings. The lowest BCUT2D eigenvalue weighted by Crippen LogP contribution is -2.42. The zero-order valence-electron chi connectivity index (χ0n) is 18.9. The highest BCUT2D eigenvalue weighted by molar-refractivity contribution is 6.03. The Morgan fingerprint density at radius 3 is 2.76 bits per heavy atom. The lowest BCUT2D eigenvalue weighted by molar-refractivity contribution is -0.129. The van der Waals surface area contributed by atoms with E-state index in [1.165, 1.54) is 4.90 Å². The number of carbonyl (C=O) groups excluding carboxylic acids is 2. The summed E-state index contributed by atoms with van der Waals surface area (Å²) in [5, 5.41) is 16.9. The first-order valence-corrected chi connectivity index (χ1v) is 11.1. The van der Waals surface area contributed by atoms with E-state index in [2.05, 4.69) is 10.4 Å². The van der Waals surface area contributed by atoms with Gasteiger partial charge in [-0.2, -0.15) is 5.10 Å². The molecule has 0 spiro atoms. The fourth-order valence-corrected chi connectivity index (χ4v) is 3.99. The fraction of sp³-hybridized carbons (Fsp3) is 0.375. The van der Waals surface area contributed by atoms with Crippen LogP contribution in [0.5, 0.6) is 11.5 Å².